The molecule has 0 unspecified atom stereocenters. The van der Waals surface area contributed by atoms with Gasteiger partial charge in [-0.05, 0) is 30.5 Å². The summed E-state index contributed by atoms with van der Waals surface area (Å²) in [6, 6.07) is 2.94. The number of benzene rings is 1. The van der Waals surface area contributed by atoms with E-state index >= 15 is 0 Å². The fourth-order valence-corrected chi connectivity index (χ4v) is 1.75. The largest absolute Gasteiger partial charge is 0.496 e. The van der Waals surface area contributed by atoms with Gasteiger partial charge in [0.15, 0.2) is 0 Å². The Hall–Kier alpha value is -1.26. The van der Waals surface area contributed by atoms with Gasteiger partial charge in [0.2, 0.25) is 0 Å². The van der Waals surface area contributed by atoms with Crippen LogP contribution in [0.2, 0.25) is 0 Å². The van der Waals surface area contributed by atoms with Crippen molar-refractivity contribution in [2.75, 3.05) is 14.2 Å². The van der Waals surface area contributed by atoms with E-state index in [4.69, 9.17) is 10.5 Å². The maximum atomic E-state index is 11.3. The van der Waals surface area contributed by atoms with Gasteiger partial charge in [-0.25, -0.2) is 0 Å². The van der Waals surface area contributed by atoms with Crippen LogP contribution in [0.1, 0.15) is 22.7 Å². The molecule has 1 aromatic carbocycles. The van der Waals surface area contributed by atoms with Crippen LogP contribution in [-0.4, -0.2) is 20.2 Å². The zero-order valence-corrected chi connectivity index (χ0v) is 11.3. The smallest absolute Gasteiger partial charge is 0.327 e. The topological polar surface area (TPSA) is 61.5 Å². The number of halogens is 1. The molecule has 0 amide bonds. The predicted octanol–water partition coefficient (Wildman–Crippen LogP) is 1.91. The number of carbonyl (C=O) groups excluding carboxylic acids is 1. The highest BCUT2D eigenvalue weighted by atomic mass is 35.5. The van der Waals surface area contributed by atoms with Gasteiger partial charge in [-0.2, -0.15) is 0 Å². The standard InChI is InChI=1S/C12H17NO3.ClH/c1-7-5-9(10(13)12(14)16-4)6-8(2)11(7)15-3;/h5-6,10H,13H2,1-4H3;1H/t10-;/m0./s1. The van der Waals surface area contributed by atoms with Crippen LogP contribution in [0.4, 0.5) is 0 Å². The Morgan fingerprint density at radius 3 is 2.06 bits per heavy atom. The molecule has 0 spiro atoms. The number of aryl methyl sites for hydroxylation is 2. The second-order valence-corrected chi connectivity index (χ2v) is 3.69. The van der Waals surface area contributed by atoms with Crippen LogP contribution >= 0.6 is 12.4 Å². The summed E-state index contributed by atoms with van der Waals surface area (Å²) in [7, 11) is 2.95. The highest BCUT2D eigenvalue weighted by Gasteiger charge is 2.18. The molecule has 96 valence electrons. The van der Waals surface area contributed by atoms with Crippen LogP contribution in [0.3, 0.4) is 0 Å². The lowest BCUT2D eigenvalue weighted by molar-refractivity contribution is -0.142. The zero-order chi connectivity index (χ0) is 12.3. The van der Waals surface area contributed by atoms with E-state index in [0.717, 1.165) is 22.4 Å². The van der Waals surface area contributed by atoms with Crippen molar-refractivity contribution in [3.63, 3.8) is 0 Å². The van der Waals surface area contributed by atoms with Crippen LogP contribution in [0, 0.1) is 13.8 Å². The number of hydrogen-bond donors (Lipinski definition) is 1. The Morgan fingerprint density at radius 1 is 1.24 bits per heavy atom. The van der Waals surface area contributed by atoms with Gasteiger partial charge in [0.1, 0.15) is 11.8 Å². The number of rotatable bonds is 3. The van der Waals surface area contributed by atoms with Crippen molar-refractivity contribution >= 4 is 18.4 Å². The SMILES string of the molecule is COC(=O)[C@@H](N)c1cc(C)c(OC)c(C)c1.Cl. The first kappa shape index (κ1) is 15.7. The molecule has 1 aromatic rings. The molecule has 2 N–H and O–H groups in total. The summed E-state index contributed by atoms with van der Waals surface area (Å²) in [6.07, 6.45) is 0. The first-order chi connectivity index (χ1) is 7.51. The first-order valence-corrected chi connectivity index (χ1v) is 4.99. The van der Waals surface area contributed by atoms with Crippen molar-refractivity contribution in [3.8, 4) is 5.75 Å². The summed E-state index contributed by atoms with van der Waals surface area (Å²) in [5.74, 6) is 0.379. The lowest BCUT2D eigenvalue weighted by Crippen LogP contribution is -2.22. The number of methoxy groups -OCH3 is 2. The first-order valence-electron chi connectivity index (χ1n) is 4.99. The molecule has 0 saturated heterocycles. The molecule has 0 radical (unpaired) electrons. The minimum atomic E-state index is -0.742. The molecule has 0 aromatic heterocycles. The minimum Gasteiger partial charge on any atom is -0.496 e. The highest BCUT2D eigenvalue weighted by Crippen LogP contribution is 2.26. The second kappa shape index (κ2) is 6.47. The Balaban J connectivity index is 0.00000256. The van der Waals surface area contributed by atoms with Gasteiger partial charge >= 0.3 is 5.97 Å². The summed E-state index contributed by atoms with van der Waals surface area (Å²) in [4.78, 5) is 11.3. The minimum absolute atomic E-state index is 0. The fraction of sp³-hybridized carbons (Fsp3) is 0.417. The normalized spacial score (nSPS) is 11.4. The maximum Gasteiger partial charge on any atom is 0.327 e. The van der Waals surface area contributed by atoms with Gasteiger partial charge in [0.25, 0.3) is 0 Å². The molecule has 0 saturated carbocycles. The van der Waals surface area contributed by atoms with Gasteiger partial charge in [0.05, 0.1) is 14.2 Å². The molecule has 0 aliphatic heterocycles. The maximum absolute atomic E-state index is 11.3. The van der Waals surface area contributed by atoms with Crippen molar-refractivity contribution in [1.82, 2.24) is 0 Å². The van der Waals surface area contributed by atoms with E-state index < -0.39 is 12.0 Å². The lowest BCUT2D eigenvalue weighted by atomic mass is 10.0. The third-order valence-electron chi connectivity index (χ3n) is 2.50. The van der Waals surface area contributed by atoms with E-state index in [1.54, 1.807) is 7.11 Å². The number of hydrogen-bond acceptors (Lipinski definition) is 4. The van der Waals surface area contributed by atoms with Gasteiger partial charge in [-0.3, -0.25) is 4.79 Å². The molecule has 1 rings (SSSR count). The second-order valence-electron chi connectivity index (χ2n) is 3.69. The van der Waals surface area contributed by atoms with Gasteiger partial charge in [-0.15, -0.1) is 12.4 Å². The number of ether oxygens (including phenoxy) is 2. The summed E-state index contributed by atoms with van der Waals surface area (Å²) < 4.78 is 9.85. The molecule has 0 bridgehead atoms. The molecule has 1 atom stereocenters. The Bertz CT molecular complexity index is 384. The summed E-state index contributed by atoms with van der Waals surface area (Å²) >= 11 is 0. The number of esters is 1. The van der Waals surface area contributed by atoms with Crippen LogP contribution < -0.4 is 10.5 Å². The van der Waals surface area contributed by atoms with Crippen molar-refractivity contribution in [3.05, 3.63) is 28.8 Å². The van der Waals surface area contributed by atoms with Crippen LogP contribution in [-0.2, 0) is 9.53 Å². The number of nitrogens with two attached hydrogens (primary N) is 1. The van der Waals surface area contributed by atoms with Gasteiger partial charge < -0.3 is 15.2 Å². The van der Waals surface area contributed by atoms with Crippen molar-refractivity contribution in [2.24, 2.45) is 5.73 Å². The third-order valence-corrected chi connectivity index (χ3v) is 2.50. The van der Waals surface area contributed by atoms with Gasteiger partial charge in [-0.1, -0.05) is 12.1 Å². The number of carbonyl (C=O) groups is 1. The molecule has 17 heavy (non-hydrogen) atoms. The average Bonchev–Trinajstić information content (AvgIpc) is 2.26. The molecule has 0 aliphatic rings. The molecule has 0 fully saturated rings. The molecular formula is C12H18ClNO3. The molecular weight excluding hydrogens is 242 g/mol. The summed E-state index contributed by atoms with van der Waals surface area (Å²) in [6.45, 7) is 3.83. The van der Waals surface area contributed by atoms with Gasteiger partial charge in [0, 0.05) is 0 Å². The highest BCUT2D eigenvalue weighted by molar-refractivity contribution is 5.85. The lowest BCUT2D eigenvalue weighted by Gasteiger charge is -2.14. The van der Waals surface area contributed by atoms with E-state index in [-0.39, 0.29) is 12.4 Å². The van der Waals surface area contributed by atoms with Crippen LogP contribution in [0.15, 0.2) is 12.1 Å². The van der Waals surface area contributed by atoms with E-state index in [2.05, 4.69) is 4.74 Å². The van der Waals surface area contributed by atoms with Crippen molar-refractivity contribution in [2.45, 2.75) is 19.9 Å². The third kappa shape index (κ3) is 3.35. The molecule has 5 heteroatoms. The molecule has 0 aliphatic carbocycles. The van der Waals surface area contributed by atoms with E-state index in [9.17, 15) is 4.79 Å². The Kier molecular flexibility index (Phi) is 5.99. The quantitative estimate of drug-likeness (QED) is 0.843. The fourth-order valence-electron chi connectivity index (χ4n) is 1.75. The molecule has 0 heterocycles. The van der Waals surface area contributed by atoms with E-state index in [1.807, 2.05) is 26.0 Å². The average molecular weight is 260 g/mol. The van der Waals surface area contributed by atoms with Crippen LogP contribution in [0.5, 0.6) is 5.75 Å². The Labute approximate surface area is 108 Å². The zero-order valence-electron chi connectivity index (χ0n) is 10.4. The predicted molar refractivity (Wildman–Crippen MR) is 68.7 cm³/mol. The summed E-state index contributed by atoms with van der Waals surface area (Å²) in [5, 5.41) is 0. The van der Waals surface area contributed by atoms with E-state index in [1.165, 1.54) is 7.11 Å². The van der Waals surface area contributed by atoms with E-state index in [0.29, 0.717) is 0 Å². The van der Waals surface area contributed by atoms with Crippen LogP contribution in [0.25, 0.3) is 0 Å². The molecule has 4 nitrogen and oxygen atoms in total. The van der Waals surface area contributed by atoms with Crippen molar-refractivity contribution in [1.29, 1.82) is 0 Å². The monoisotopic (exact) mass is 259 g/mol. The van der Waals surface area contributed by atoms with Crippen molar-refractivity contribution < 1.29 is 14.3 Å². The summed E-state index contributed by atoms with van der Waals surface area (Å²) in [5.41, 5.74) is 8.41. The Morgan fingerprint density at radius 2 is 1.71 bits per heavy atom.